The molecule has 2 N–H and O–H groups in total. The van der Waals surface area contributed by atoms with E-state index in [1.54, 1.807) is 0 Å². The predicted molar refractivity (Wildman–Crippen MR) is 150 cm³/mol. The monoisotopic (exact) mass is 569 g/mol. The Bertz CT molecular complexity index is 633. The number of carbonyl (C=O) groups excluding carboxylic acids is 3. The minimum absolute atomic E-state index is 0. The van der Waals surface area contributed by atoms with Gasteiger partial charge in [0.15, 0.2) is 12.3 Å². The summed E-state index contributed by atoms with van der Waals surface area (Å²) in [5, 5.41) is 15.8. The number of halogens is 2. The maximum absolute atomic E-state index is 11.0. The van der Waals surface area contributed by atoms with Gasteiger partial charge in [0, 0.05) is 25.8 Å². The maximum Gasteiger partial charge on any atom is 0.247 e. The molecule has 0 aromatic rings. The van der Waals surface area contributed by atoms with E-state index in [0.29, 0.717) is 13.0 Å². The molecule has 2 amide bonds. The topological polar surface area (TPSA) is 102 Å². The van der Waals surface area contributed by atoms with E-state index in [4.69, 9.17) is 0 Å². The van der Waals surface area contributed by atoms with Crippen LogP contribution in [0.4, 0.5) is 0 Å². The molecule has 0 aromatic heterocycles. The molecule has 220 valence electrons. The summed E-state index contributed by atoms with van der Waals surface area (Å²) in [6, 6.07) is 0. The second kappa shape index (κ2) is 24.4. The molecule has 0 aromatic carbocycles. The normalized spacial score (nSPS) is 11.7. The van der Waals surface area contributed by atoms with Gasteiger partial charge < -0.3 is 46.8 Å². The van der Waals surface area contributed by atoms with Crippen LogP contribution < -0.4 is 28.1 Å². The van der Waals surface area contributed by atoms with Crippen LogP contribution in [0.2, 0.25) is 0 Å². The molecule has 2 unspecified atom stereocenters. The minimum Gasteiger partial charge on any atom is -1.00 e. The van der Waals surface area contributed by atoms with Crippen LogP contribution in [0.5, 0.6) is 0 Å². The predicted octanol–water partition coefficient (Wildman–Crippen LogP) is -1.43. The van der Waals surface area contributed by atoms with Crippen LogP contribution in [-0.4, -0.2) is 113 Å². The Morgan fingerprint density at radius 3 is 1.32 bits per heavy atom. The van der Waals surface area contributed by atoms with Crippen molar-refractivity contribution in [3.8, 4) is 0 Å². The average Bonchev–Trinajstić information content (AvgIpc) is 2.79. The maximum atomic E-state index is 11.0. The third-order valence-electron chi connectivity index (χ3n) is 4.78. The fraction of sp³-hybridized carbons (Fsp3) is 0.654. The molecule has 0 radical (unpaired) electrons. The van der Waals surface area contributed by atoms with E-state index >= 15 is 0 Å². The second-order valence-corrected chi connectivity index (χ2v) is 9.95. The highest BCUT2D eigenvalue weighted by Gasteiger charge is 2.22. The zero-order valence-electron chi connectivity index (χ0n) is 25.0. The summed E-state index contributed by atoms with van der Waals surface area (Å²) in [4.78, 5) is 34.0. The first kappa shape index (κ1) is 45.0. The summed E-state index contributed by atoms with van der Waals surface area (Å²) >= 11 is 4.64. The van der Waals surface area contributed by atoms with Gasteiger partial charge in [0.25, 0.3) is 0 Å². The number of carboxylic acid groups (broad SMARTS) is 1. The molecule has 0 saturated carbocycles. The van der Waals surface area contributed by atoms with Crippen molar-refractivity contribution in [3.05, 3.63) is 37.5 Å². The summed E-state index contributed by atoms with van der Waals surface area (Å²) in [6.45, 7) is 15.0. The van der Waals surface area contributed by atoms with Gasteiger partial charge in [-0.25, -0.2) is 0 Å². The molecule has 0 bridgehead atoms. The standard InChI is InChI=1S/2C9H18N2O.C7H13NO2.CH3Cl.ClH/c2*1-6-8(11(3,4)5)10-9(12)7-2;1-6(7(9)10)4-5-8(2)3;1-2;/h2*7-8H,2,6H2,1,3-5H3;1,4-5H2,2-3H3,(H,9,10);1H3;1H. The Kier molecular flexibility index (Phi) is 29.7. The first-order valence-corrected chi connectivity index (χ1v) is 12.5. The Hall–Kier alpha value is -1.91. The number of rotatable bonds is 12. The molecule has 0 aliphatic carbocycles. The number of hydrogen-bond acceptors (Lipinski definition) is 5. The van der Waals surface area contributed by atoms with Crippen LogP contribution in [0, 0.1) is 0 Å². The molecule has 9 nitrogen and oxygen atoms in total. The van der Waals surface area contributed by atoms with Crippen molar-refractivity contribution < 1.29 is 40.9 Å². The van der Waals surface area contributed by atoms with E-state index in [0.717, 1.165) is 21.8 Å². The number of nitrogens with one attached hydrogen (secondary N) is 2. The van der Waals surface area contributed by atoms with Crippen molar-refractivity contribution in [2.75, 3.05) is 69.3 Å². The fourth-order valence-corrected chi connectivity index (χ4v) is 2.59. The van der Waals surface area contributed by atoms with E-state index in [9.17, 15) is 19.5 Å². The van der Waals surface area contributed by atoms with Gasteiger partial charge in [-0.05, 0) is 38.2 Å². The molecule has 0 rings (SSSR count). The van der Waals surface area contributed by atoms with Crippen molar-refractivity contribution in [3.63, 3.8) is 0 Å². The zero-order chi connectivity index (χ0) is 29.7. The smallest absolute Gasteiger partial charge is 0.247 e. The molecule has 0 heterocycles. The summed E-state index contributed by atoms with van der Waals surface area (Å²) in [6.07, 6.45) is 6.71. The summed E-state index contributed by atoms with van der Waals surface area (Å²) in [7, 11) is 16.1. The third kappa shape index (κ3) is 28.5. The number of hydrogen-bond donors (Lipinski definition) is 2. The van der Waals surface area contributed by atoms with Gasteiger partial charge in [0.05, 0.1) is 48.3 Å². The molecule has 0 saturated heterocycles. The lowest BCUT2D eigenvalue weighted by molar-refractivity contribution is -0.898. The number of carboxylic acids is 1. The number of alkyl halides is 1. The number of nitrogens with zero attached hydrogens (tertiary/aromatic N) is 3. The number of carbonyl (C=O) groups is 3. The summed E-state index contributed by atoms with van der Waals surface area (Å²) in [5.41, 5.74) is 0.161. The van der Waals surface area contributed by atoms with Gasteiger partial charge in [-0.2, -0.15) is 0 Å². The lowest BCUT2D eigenvalue weighted by Gasteiger charge is -2.33. The fourth-order valence-electron chi connectivity index (χ4n) is 2.59. The van der Waals surface area contributed by atoms with Crippen molar-refractivity contribution in [2.24, 2.45) is 0 Å². The molecule has 0 aliphatic rings. The Morgan fingerprint density at radius 1 is 0.865 bits per heavy atom. The van der Waals surface area contributed by atoms with E-state index in [1.165, 1.54) is 18.5 Å². The van der Waals surface area contributed by atoms with E-state index in [-0.39, 0.29) is 42.1 Å². The molecular weight excluding hydrogens is 517 g/mol. The van der Waals surface area contributed by atoms with Gasteiger partial charge >= 0.3 is 0 Å². The summed E-state index contributed by atoms with van der Waals surface area (Å²) in [5.74, 6) is -1.35. The van der Waals surface area contributed by atoms with Crippen LogP contribution in [0.3, 0.4) is 0 Å². The average molecular weight is 571 g/mol. The highest BCUT2D eigenvalue weighted by Crippen LogP contribution is 2.04. The molecule has 0 aliphatic heterocycles. The molecular formula is C26H53Cl2N5O4. The number of quaternary nitrogens is 2. The van der Waals surface area contributed by atoms with Crippen molar-refractivity contribution >= 4 is 29.4 Å². The van der Waals surface area contributed by atoms with Crippen molar-refractivity contribution in [1.82, 2.24) is 15.5 Å². The number of amides is 2. The van der Waals surface area contributed by atoms with Gasteiger partial charge in [-0.3, -0.25) is 9.59 Å². The SMILES string of the molecule is C=C(CCN(C)C)C(=O)[O-].C=CC(=O)NC(CC)[N+](C)(C)C.C=CC(=O)NC(CC)[N+](C)(C)C.CCl.[Cl-]. The first-order valence-electron chi connectivity index (χ1n) is 11.8. The highest BCUT2D eigenvalue weighted by molar-refractivity contribution is 6.15. The zero-order valence-corrected chi connectivity index (χ0v) is 26.5. The van der Waals surface area contributed by atoms with Gasteiger partial charge in [0.2, 0.25) is 11.8 Å². The van der Waals surface area contributed by atoms with Crippen LogP contribution >= 0.6 is 11.6 Å². The van der Waals surface area contributed by atoms with Crippen LogP contribution in [0.25, 0.3) is 0 Å². The third-order valence-corrected chi connectivity index (χ3v) is 4.78. The quantitative estimate of drug-likeness (QED) is 0.130. The van der Waals surface area contributed by atoms with Gasteiger partial charge in [-0.15, -0.1) is 11.6 Å². The van der Waals surface area contributed by atoms with Crippen LogP contribution in [0.1, 0.15) is 33.1 Å². The molecule has 11 heteroatoms. The molecule has 0 fully saturated rings. The van der Waals surface area contributed by atoms with Crippen molar-refractivity contribution in [1.29, 1.82) is 0 Å². The van der Waals surface area contributed by atoms with Crippen LogP contribution in [-0.2, 0) is 14.4 Å². The molecule has 2 atom stereocenters. The van der Waals surface area contributed by atoms with E-state index < -0.39 is 5.97 Å². The van der Waals surface area contributed by atoms with Gasteiger partial charge in [-0.1, -0.05) is 33.6 Å². The number of aliphatic carboxylic acids is 1. The minimum atomic E-state index is -1.15. The van der Waals surface area contributed by atoms with Crippen LogP contribution in [0.15, 0.2) is 37.5 Å². The lowest BCUT2D eigenvalue weighted by atomic mass is 10.2. The first-order chi connectivity index (χ1) is 16.4. The highest BCUT2D eigenvalue weighted by atomic mass is 35.5. The largest absolute Gasteiger partial charge is 1.00 e. The van der Waals surface area contributed by atoms with Gasteiger partial charge in [0.1, 0.15) is 0 Å². The van der Waals surface area contributed by atoms with Crippen molar-refractivity contribution in [2.45, 2.75) is 45.4 Å². The summed E-state index contributed by atoms with van der Waals surface area (Å²) < 4.78 is 1.46. The van der Waals surface area contributed by atoms with E-state index in [2.05, 4.69) is 98.1 Å². The Morgan fingerprint density at radius 2 is 1.16 bits per heavy atom. The second-order valence-electron chi connectivity index (χ2n) is 9.95. The lowest BCUT2D eigenvalue weighted by Crippen LogP contribution is -3.00. The Labute approximate surface area is 237 Å². The Balaban J connectivity index is -0.000000132. The van der Waals surface area contributed by atoms with E-state index in [1.807, 2.05) is 19.0 Å². The molecule has 0 spiro atoms. The molecule has 37 heavy (non-hydrogen) atoms.